The molecule has 152 valence electrons. The van der Waals surface area contributed by atoms with Gasteiger partial charge in [0.05, 0.1) is 18.5 Å². The molecule has 1 aliphatic rings. The van der Waals surface area contributed by atoms with Crippen LogP contribution in [0.25, 0.3) is 0 Å². The third-order valence-electron chi connectivity index (χ3n) is 5.18. The summed E-state index contributed by atoms with van der Waals surface area (Å²) in [6.07, 6.45) is 1.48. The predicted octanol–water partition coefficient (Wildman–Crippen LogP) is 2.04. The number of aromatic nitrogens is 3. The maximum absolute atomic E-state index is 13.1. The van der Waals surface area contributed by atoms with Crippen LogP contribution >= 0.6 is 0 Å². The Labute approximate surface area is 167 Å². The van der Waals surface area contributed by atoms with Crippen LogP contribution in [0.4, 0.5) is 0 Å². The maximum Gasteiger partial charge on any atom is 0.289 e. The first-order chi connectivity index (χ1) is 13.9. The molecule has 1 saturated heterocycles. The molecular formula is C20H23N5O4. The van der Waals surface area contributed by atoms with E-state index in [1.165, 1.54) is 6.26 Å². The number of furan rings is 1. The fourth-order valence-corrected chi connectivity index (χ4v) is 3.55. The van der Waals surface area contributed by atoms with Crippen molar-refractivity contribution in [3.8, 4) is 0 Å². The highest BCUT2D eigenvalue weighted by Crippen LogP contribution is 2.19. The van der Waals surface area contributed by atoms with E-state index in [1.54, 1.807) is 28.9 Å². The first kappa shape index (κ1) is 19.0. The van der Waals surface area contributed by atoms with E-state index in [0.29, 0.717) is 49.9 Å². The van der Waals surface area contributed by atoms with E-state index >= 15 is 0 Å². The van der Waals surface area contributed by atoms with Gasteiger partial charge in [0.1, 0.15) is 5.76 Å². The monoisotopic (exact) mass is 397 g/mol. The molecule has 1 fully saturated rings. The Hall–Kier alpha value is -3.36. The summed E-state index contributed by atoms with van der Waals surface area (Å²) in [7, 11) is 0. The highest BCUT2D eigenvalue weighted by molar-refractivity contribution is 5.94. The normalized spacial score (nSPS) is 14.4. The Bertz CT molecular complexity index is 1030. The van der Waals surface area contributed by atoms with E-state index in [-0.39, 0.29) is 11.8 Å². The van der Waals surface area contributed by atoms with Gasteiger partial charge in [-0.2, -0.15) is 5.10 Å². The SMILES string of the molecule is Cc1cc(C)n(Cc2c(C(=O)N3CCN(C(=O)c4ccco4)CC3)noc2C)n1. The van der Waals surface area contributed by atoms with Crippen molar-refractivity contribution in [2.45, 2.75) is 27.3 Å². The molecule has 0 atom stereocenters. The Morgan fingerprint density at radius 3 is 2.34 bits per heavy atom. The summed E-state index contributed by atoms with van der Waals surface area (Å²) >= 11 is 0. The molecule has 0 saturated carbocycles. The van der Waals surface area contributed by atoms with Gasteiger partial charge in [-0.25, -0.2) is 0 Å². The van der Waals surface area contributed by atoms with E-state index in [0.717, 1.165) is 17.0 Å². The number of amides is 2. The summed E-state index contributed by atoms with van der Waals surface area (Å²) in [6, 6.07) is 5.31. The molecule has 4 heterocycles. The minimum Gasteiger partial charge on any atom is -0.459 e. The van der Waals surface area contributed by atoms with Crippen molar-refractivity contribution >= 4 is 11.8 Å². The fourth-order valence-electron chi connectivity index (χ4n) is 3.55. The lowest BCUT2D eigenvalue weighted by atomic mass is 10.1. The molecule has 0 unspecified atom stereocenters. The standard InChI is InChI=1S/C20H23N5O4/c1-13-11-14(2)25(21-13)12-16-15(3)29-22-18(16)20(27)24-8-6-23(7-9-24)19(26)17-5-4-10-28-17/h4-5,10-11H,6-9,12H2,1-3H3. The van der Waals surface area contributed by atoms with Crippen LogP contribution in [0.1, 0.15) is 43.8 Å². The average molecular weight is 397 g/mol. The van der Waals surface area contributed by atoms with E-state index in [2.05, 4.69) is 10.3 Å². The Morgan fingerprint density at radius 1 is 1.07 bits per heavy atom. The average Bonchev–Trinajstić information content (AvgIpc) is 3.43. The first-order valence-corrected chi connectivity index (χ1v) is 9.52. The molecule has 0 spiro atoms. The van der Waals surface area contributed by atoms with Crippen LogP contribution in [0.5, 0.6) is 0 Å². The highest BCUT2D eigenvalue weighted by Gasteiger charge is 2.30. The van der Waals surface area contributed by atoms with Gasteiger partial charge in [0, 0.05) is 37.4 Å². The fraction of sp³-hybridized carbons (Fsp3) is 0.400. The van der Waals surface area contributed by atoms with Crippen molar-refractivity contribution < 1.29 is 18.5 Å². The third-order valence-corrected chi connectivity index (χ3v) is 5.18. The quantitative estimate of drug-likeness (QED) is 0.668. The van der Waals surface area contributed by atoms with Gasteiger partial charge in [-0.3, -0.25) is 14.3 Å². The minimum absolute atomic E-state index is 0.162. The lowest BCUT2D eigenvalue weighted by Crippen LogP contribution is -2.50. The molecule has 3 aromatic rings. The molecule has 9 nitrogen and oxygen atoms in total. The van der Waals surface area contributed by atoms with E-state index in [9.17, 15) is 9.59 Å². The van der Waals surface area contributed by atoms with Gasteiger partial charge in [-0.1, -0.05) is 5.16 Å². The molecule has 3 aromatic heterocycles. The van der Waals surface area contributed by atoms with Crippen molar-refractivity contribution in [1.82, 2.24) is 24.7 Å². The second-order valence-corrected chi connectivity index (χ2v) is 7.21. The highest BCUT2D eigenvalue weighted by atomic mass is 16.5. The number of hydrogen-bond donors (Lipinski definition) is 0. The largest absolute Gasteiger partial charge is 0.459 e. The minimum atomic E-state index is -0.191. The number of nitrogens with zero attached hydrogens (tertiary/aromatic N) is 5. The molecule has 0 bridgehead atoms. The summed E-state index contributed by atoms with van der Waals surface area (Å²) in [4.78, 5) is 28.9. The van der Waals surface area contributed by atoms with Gasteiger partial charge in [-0.05, 0) is 39.0 Å². The van der Waals surface area contributed by atoms with Crippen molar-refractivity contribution in [1.29, 1.82) is 0 Å². The van der Waals surface area contributed by atoms with Crippen molar-refractivity contribution in [3.63, 3.8) is 0 Å². The Morgan fingerprint density at radius 2 is 1.76 bits per heavy atom. The lowest BCUT2D eigenvalue weighted by Gasteiger charge is -2.34. The number of piperazine rings is 1. The van der Waals surface area contributed by atoms with E-state index in [1.807, 2.05) is 24.6 Å². The Balaban J connectivity index is 1.46. The predicted molar refractivity (Wildman–Crippen MR) is 103 cm³/mol. The zero-order chi connectivity index (χ0) is 20.5. The lowest BCUT2D eigenvalue weighted by molar-refractivity contribution is 0.0512. The molecular weight excluding hydrogens is 374 g/mol. The van der Waals surface area contributed by atoms with Crippen LogP contribution in [0.2, 0.25) is 0 Å². The van der Waals surface area contributed by atoms with Crippen LogP contribution in [0.3, 0.4) is 0 Å². The zero-order valence-electron chi connectivity index (χ0n) is 16.7. The van der Waals surface area contributed by atoms with Gasteiger partial charge in [0.15, 0.2) is 11.5 Å². The second kappa shape index (κ2) is 7.57. The molecule has 0 radical (unpaired) electrons. The number of rotatable bonds is 4. The van der Waals surface area contributed by atoms with E-state index < -0.39 is 0 Å². The first-order valence-electron chi connectivity index (χ1n) is 9.52. The molecule has 1 aliphatic heterocycles. The molecule has 9 heteroatoms. The smallest absolute Gasteiger partial charge is 0.289 e. The second-order valence-electron chi connectivity index (χ2n) is 7.21. The molecule has 2 amide bonds. The zero-order valence-corrected chi connectivity index (χ0v) is 16.7. The summed E-state index contributed by atoms with van der Waals surface area (Å²) in [5, 5.41) is 8.48. The van der Waals surface area contributed by atoms with Crippen LogP contribution < -0.4 is 0 Å². The third kappa shape index (κ3) is 3.67. The number of carbonyl (C=O) groups excluding carboxylic acids is 2. The summed E-state index contributed by atoms with van der Waals surface area (Å²) in [5.74, 6) is 0.560. The molecule has 4 rings (SSSR count). The summed E-state index contributed by atoms with van der Waals surface area (Å²) in [5.41, 5.74) is 2.96. The van der Waals surface area contributed by atoms with Gasteiger partial charge in [0.25, 0.3) is 11.8 Å². The molecule has 29 heavy (non-hydrogen) atoms. The van der Waals surface area contributed by atoms with Crippen LogP contribution in [-0.4, -0.2) is 62.7 Å². The number of hydrogen-bond acceptors (Lipinski definition) is 6. The van der Waals surface area contributed by atoms with Crippen LogP contribution in [-0.2, 0) is 6.54 Å². The van der Waals surface area contributed by atoms with Gasteiger partial charge >= 0.3 is 0 Å². The number of aryl methyl sites for hydroxylation is 3. The van der Waals surface area contributed by atoms with Crippen LogP contribution in [0.15, 0.2) is 33.4 Å². The number of carbonyl (C=O) groups is 2. The van der Waals surface area contributed by atoms with Crippen molar-refractivity contribution in [3.05, 3.63) is 58.6 Å². The van der Waals surface area contributed by atoms with Crippen LogP contribution in [0, 0.1) is 20.8 Å². The van der Waals surface area contributed by atoms with Gasteiger partial charge < -0.3 is 18.7 Å². The summed E-state index contributed by atoms with van der Waals surface area (Å²) in [6.45, 7) is 7.85. The van der Waals surface area contributed by atoms with E-state index in [4.69, 9.17) is 8.94 Å². The summed E-state index contributed by atoms with van der Waals surface area (Å²) < 4.78 is 12.3. The van der Waals surface area contributed by atoms with Crippen molar-refractivity contribution in [2.24, 2.45) is 0 Å². The van der Waals surface area contributed by atoms with Gasteiger partial charge in [0.2, 0.25) is 0 Å². The molecule has 0 N–H and O–H groups in total. The maximum atomic E-state index is 13.1. The topological polar surface area (TPSA) is 97.6 Å². The molecule has 0 aromatic carbocycles. The van der Waals surface area contributed by atoms with Gasteiger partial charge in [-0.15, -0.1) is 0 Å². The molecule has 0 aliphatic carbocycles. The Kier molecular flexibility index (Phi) is 4.96. The van der Waals surface area contributed by atoms with Crippen molar-refractivity contribution in [2.75, 3.05) is 26.2 Å².